The normalized spacial score (nSPS) is 13.4. The van der Waals surface area contributed by atoms with Crippen LogP contribution in [0.25, 0.3) is 0 Å². The maximum absolute atomic E-state index is 12.5. The van der Waals surface area contributed by atoms with Crippen molar-refractivity contribution in [3.8, 4) is 5.75 Å². The van der Waals surface area contributed by atoms with Gasteiger partial charge in [0, 0.05) is 5.69 Å². The van der Waals surface area contributed by atoms with Crippen LogP contribution in [0.5, 0.6) is 5.75 Å². The number of rotatable bonds is 9. The highest BCUT2D eigenvalue weighted by atomic mass is 16.5. The number of aryl methyl sites for hydroxylation is 2. The second-order valence-corrected chi connectivity index (χ2v) is 7.97. The van der Waals surface area contributed by atoms with Gasteiger partial charge in [-0.3, -0.25) is 9.59 Å². The molecule has 0 aromatic heterocycles. The van der Waals surface area contributed by atoms with Gasteiger partial charge in [0.1, 0.15) is 5.75 Å². The fraction of sp³-hybridized carbons (Fsp3) is 0.440. The average molecular weight is 409 g/mol. The number of ether oxygens (including phenoxy) is 1. The molecule has 0 spiro atoms. The summed E-state index contributed by atoms with van der Waals surface area (Å²) < 4.78 is 5.99. The van der Waals surface area contributed by atoms with E-state index in [1.807, 2.05) is 36.4 Å². The molecule has 0 bridgehead atoms. The molecule has 0 aliphatic heterocycles. The molecule has 3 rings (SSSR count). The van der Waals surface area contributed by atoms with Crippen LogP contribution in [0.4, 0.5) is 11.4 Å². The molecule has 0 saturated heterocycles. The van der Waals surface area contributed by atoms with Gasteiger partial charge >= 0.3 is 11.8 Å². The Balaban J connectivity index is 1.58. The summed E-state index contributed by atoms with van der Waals surface area (Å²) in [5.74, 6) is -0.315. The SMILES string of the molecule is CCCCC(CC)COc1ccccc1NC(=O)C(=O)Nc1ccc2c(c1)CCC2. The molecule has 2 N–H and O–H groups in total. The first kappa shape index (κ1) is 21.9. The number of carbonyl (C=O) groups excluding carboxylic acids is 2. The summed E-state index contributed by atoms with van der Waals surface area (Å²) in [7, 11) is 0. The number of hydrogen-bond donors (Lipinski definition) is 2. The Hall–Kier alpha value is -2.82. The van der Waals surface area contributed by atoms with Crippen molar-refractivity contribution in [1.29, 1.82) is 0 Å². The van der Waals surface area contributed by atoms with Crippen molar-refractivity contribution >= 4 is 23.2 Å². The average Bonchev–Trinajstić information content (AvgIpc) is 3.22. The third-order valence-corrected chi connectivity index (χ3v) is 5.72. The molecule has 1 atom stereocenters. The largest absolute Gasteiger partial charge is 0.491 e. The lowest BCUT2D eigenvalue weighted by molar-refractivity contribution is -0.133. The van der Waals surface area contributed by atoms with Crippen molar-refractivity contribution in [2.45, 2.75) is 58.8 Å². The molecule has 2 aromatic carbocycles. The van der Waals surface area contributed by atoms with E-state index in [1.54, 1.807) is 6.07 Å². The van der Waals surface area contributed by atoms with E-state index in [2.05, 4.69) is 24.5 Å². The van der Waals surface area contributed by atoms with Gasteiger partial charge in [-0.1, -0.05) is 51.3 Å². The first-order valence-corrected chi connectivity index (χ1v) is 11.1. The van der Waals surface area contributed by atoms with Crippen LogP contribution < -0.4 is 15.4 Å². The number of benzene rings is 2. The van der Waals surface area contributed by atoms with Gasteiger partial charge in [0.2, 0.25) is 0 Å². The number of anilines is 2. The van der Waals surface area contributed by atoms with Crippen LogP contribution >= 0.6 is 0 Å². The Morgan fingerprint density at radius 2 is 1.77 bits per heavy atom. The van der Waals surface area contributed by atoms with E-state index < -0.39 is 11.8 Å². The van der Waals surface area contributed by atoms with Gasteiger partial charge in [-0.15, -0.1) is 0 Å². The molecule has 0 heterocycles. The molecular formula is C25H32N2O3. The molecular weight excluding hydrogens is 376 g/mol. The minimum atomic E-state index is -0.704. The zero-order valence-corrected chi connectivity index (χ0v) is 18.0. The smallest absolute Gasteiger partial charge is 0.314 e. The molecule has 1 aliphatic carbocycles. The van der Waals surface area contributed by atoms with Crippen molar-refractivity contribution in [3.05, 3.63) is 53.6 Å². The highest BCUT2D eigenvalue weighted by molar-refractivity contribution is 6.43. The molecule has 0 radical (unpaired) electrons. The first-order chi connectivity index (χ1) is 14.6. The Labute approximate surface area is 179 Å². The Bertz CT molecular complexity index is 878. The molecule has 2 aromatic rings. The first-order valence-electron chi connectivity index (χ1n) is 11.1. The molecule has 5 heteroatoms. The lowest BCUT2D eigenvalue weighted by Gasteiger charge is -2.17. The van der Waals surface area contributed by atoms with Crippen molar-refractivity contribution in [2.24, 2.45) is 5.92 Å². The van der Waals surface area contributed by atoms with Gasteiger partial charge in [-0.2, -0.15) is 0 Å². The minimum Gasteiger partial charge on any atom is -0.491 e. The standard InChI is InChI=1S/C25H32N2O3/c1-3-5-9-18(4-2)17-30-23-13-7-6-12-22(23)27-25(29)24(28)26-21-15-14-19-10-8-11-20(19)16-21/h6-7,12-16,18H,3-5,8-11,17H2,1-2H3,(H,26,28)(H,27,29). The monoisotopic (exact) mass is 408 g/mol. The second kappa shape index (κ2) is 10.8. The number of amides is 2. The number of carbonyl (C=O) groups is 2. The molecule has 160 valence electrons. The maximum atomic E-state index is 12.5. The molecule has 30 heavy (non-hydrogen) atoms. The van der Waals surface area contributed by atoms with E-state index in [1.165, 1.54) is 24.0 Å². The summed E-state index contributed by atoms with van der Waals surface area (Å²) in [6.45, 7) is 4.96. The summed E-state index contributed by atoms with van der Waals surface area (Å²) in [4.78, 5) is 24.9. The van der Waals surface area contributed by atoms with Gasteiger partial charge in [-0.25, -0.2) is 0 Å². The fourth-order valence-electron chi connectivity index (χ4n) is 3.82. The fourth-order valence-corrected chi connectivity index (χ4v) is 3.82. The van der Waals surface area contributed by atoms with Crippen LogP contribution in [0.3, 0.4) is 0 Å². The van der Waals surface area contributed by atoms with E-state index in [0.717, 1.165) is 32.1 Å². The van der Waals surface area contributed by atoms with Crippen LogP contribution in [0.1, 0.15) is 57.1 Å². The zero-order chi connectivity index (χ0) is 21.3. The van der Waals surface area contributed by atoms with Crippen molar-refractivity contribution in [3.63, 3.8) is 0 Å². The van der Waals surface area contributed by atoms with Gasteiger partial charge in [0.25, 0.3) is 0 Å². The van der Waals surface area contributed by atoms with Crippen molar-refractivity contribution < 1.29 is 14.3 Å². The summed E-state index contributed by atoms with van der Waals surface area (Å²) >= 11 is 0. The highest BCUT2D eigenvalue weighted by Crippen LogP contribution is 2.26. The number of para-hydroxylation sites is 2. The maximum Gasteiger partial charge on any atom is 0.314 e. The molecule has 1 unspecified atom stereocenters. The van der Waals surface area contributed by atoms with Gasteiger partial charge < -0.3 is 15.4 Å². The van der Waals surface area contributed by atoms with Crippen LogP contribution in [0.2, 0.25) is 0 Å². The Morgan fingerprint density at radius 1 is 1.00 bits per heavy atom. The molecule has 1 aliphatic rings. The second-order valence-electron chi connectivity index (χ2n) is 7.97. The van der Waals surface area contributed by atoms with E-state index >= 15 is 0 Å². The molecule has 0 saturated carbocycles. The third-order valence-electron chi connectivity index (χ3n) is 5.72. The number of unbranched alkanes of at least 4 members (excludes halogenated alkanes) is 1. The summed E-state index contributed by atoms with van der Waals surface area (Å²) in [5, 5.41) is 5.39. The molecule has 0 fully saturated rings. The zero-order valence-electron chi connectivity index (χ0n) is 18.0. The van der Waals surface area contributed by atoms with E-state index in [9.17, 15) is 9.59 Å². The van der Waals surface area contributed by atoms with Crippen LogP contribution in [0, 0.1) is 5.92 Å². The van der Waals surface area contributed by atoms with Crippen molar-refractivity contribution in [2.75, 3.05) is 17.2 Å². The summed E-state index contributed by atoms with van der Waals surface area (Å²) in [6, 6.07) is 13.1. The van der Waals surface area contributed by atoms with E-state index in [0.29, 0.717) is 29.6 Å². The lowest BCUT2D eigenvalue weighted by Crippen LogP contribution is -2.29. The van der Waals surface area contributed by atoms with E-state index in [-0.39, 0.29) is 0 Å². The van der Waals surface area contributed by atoms with Gasteiger partial charge in [0.15, 0.2) is 0 Å². The van der Waals surface area contributed by atoms with Crippen LogP contribution in [-0.4, -0.2) is 18.4 Å². The molecule has 5 nitrogen and oxygen atoms in total. The third kappa shape index (κ3) is 5.85. The molecule has 2 amide bonds. The van der Waals surface area contributed by atoms with Crippen LogP contribution in [-0.2, 0) is 22.4 Å². The van der Waals surface area contributed by atoms with Crippen molar-refractivity contribution in [1.82, 2.24) is 0 Å². The number of hydrogen-bond acceptors (Lipinski definition) is 3. The minimum absolute atomic E-state index is 0.483. The highest BCUT2D eigenvalue weighted by Gasteiger charge is 2.18. The van der Waals surface area contributed by atoms with Gasteiger partial charge in [-0.05, 0) is 67.0 Å². The quantitative estimate of drug-likeness (QED) is 0.550. The van der Waals surface area contributed by atoms with Crippen LogP contribution in [0.15, 0.2) is 42.5 Å². The Morgan fingerprint density at radius 3 is 2.57 bits per heavy atom. The summed E-state index contributed by atoms with van der Waals surface area (Å²) in [6.07, 6.45) is 7.78. The topological polar surface area (TPSA) is 67.4 Å². The lowest BCUT2D eigenvalue weighted by atomic mass is 10.0. The Kier molecular flexibility index (Phi) is 7.89. The predicted molar refractivity (Wildman–Crippen MR) is 121 cm³/mol. The van der Waals surface area contributed by atoms with Gasteiger partial charge in [0.05, 0.1) is 12.3 Å². The number of nitrogens with one attached hydrogen (secondary N) is 2. The number of fused-ring (bicyclic) bond motifs is 1. The summed E-state index contributed by atoms with van der Waals surface area (Å²) in [5.41, 5.74) is 3.74. The van der Waals surface area contributed by atoms with E-state index in [4.69, 9.17) is 4.74 Å². The predicted octanol–water partition coefficient (Wildman–Crippen LogP) is 5.35.